The molecule has 5 heteroatoms. The predicted molar refractivity (Wildman–Crippen MR) is 70.2 cm³/mol. The first-order chi connectivity index (χ1) is 8.54. The normalized spacial score (nSPS) is 13.9. The highest BCUT2D eigenvalue weighted by Gasteiger charge is 2.16. The van der Waals surface area contributed by atoms with Crippen molar-refractivity contribution in [3.05, 3.63) is 29.8 Å². The van der Waals surface area contributed by atoms with Crippen LogP contribution in [0.2, 0.25) is 0 Å². The summed E-state index contributed by atoms with van der Waals surface area (Å²) in [5, 5.41) is 12.1. The van der Waals surface area contributed by atoms with Crippen LogP contribution in [0.1, 0.15) is 18.4 Å². The van der Waals surface area contributed by atoms with Crippen LogP contribution in [-0.2, 0) is 9.53 Å². The number of methoxy groups -OCH3 is 1. The minimum absolute atomic E-state index is 0.143. The molecule has 2 atom stereocenters. The molecule has 5 nitrogen and oxygen atoms in total. The van der Waals surface area contributed by atoms with E-state index in [1.807, 2.05) is 12.1 Å². The molecule has 1 rings (SSSR count). The van der Waals surface area contributed by atoms with Crippen molar-refractivity contribution < 1.29 is 14.6 Å². The Labute approximate surface area is 107 Å². The number of aliphatic hydroxyl groups is 1. The van der Waals surface area contributed by atoms with Crippen molar-refractivity contribution in [3.63, 3.8) is 0 Å². The maximum absolute atomic E-state index is 11.9. The molecule has 1 amide bonds. The van der Waals surface area contributed by atoms with Crippen LogP contribution in [-0.4, -0.2) is 37.4 Å². The molecule has 4 N–H and O–H groups in total. The van der Waals surface area contributed by atoms with Crippen molar-refractivity contribution in [3.8, 4) is 0 Å². The molecule has 0 aliphatic rings. The molecule has 0 aliphatic heterocycles. The Balaban J connectivity index is 2.51. The summed E-state index contributed by atoms with van der Waals surface area (Å²) in [7, 11) is 1.50. The molecular formula is C13H20N2O3. The first-order valence-electron chi connectivity index (χ1n) is 5.84. The summed E-state index contributed by atoms with van der Waals surface area (Å²) in [6.07, 6.45) is -0.688. The first kappa shape index (κ1) is 14.5. The van der Waals surface area contributed by atoms with Crippen molar-refractivity contribution in [2.24, 2.45) is 0 Å². The summed E-state index contributed by atoms with van der Waals surface area (Å²) in [5.41, 5.74) is 7.16. The lowest BCUT2D eigenvalue weighted by Crippen LogP contribution is -2.36. The summed E-state index contributed by atoms with van der Waals surface area (Å²) in [6, 6.07) is 7.21. The number of amides is 1. The molecule has 0 aliphatic carbocycles. The summed E-state index contributed by atoms with van der Waals surface area (Å²) >= 11 is 0. The average Bonchev–Trinajstić information content (AvgIpc) is 2.35. The fourth-order valence-electron chi connectivity index (χ4n) is 1.60. The summed E-state index contributed by atoms with van der Waals surface area (Å²) < 4.78 is 4.78. The van der Waals surface area contributed by atoms with E-state index in [1.165, 1.54) is 7.11 Å². The lowest BCUT2D eigenvalue weighted by Gasteiger charge is -2.15. The number of hydrogen-bond acceptors (Lipinski definition) is 4. The monoisotopic (exact) mass is 252 g/mol. The van der Waals surface area contributed by atoms with E-state index >= 15 is 0 Å². The van der Waals surface area contributed by atoms with Crippen molar-refractivity contribution in [1.82, 2.24) is 5.32 Å². The number of nitrogens with two attached hydrogens (primary N) is 1. The number of benzene rings is 1. The average molecular weight is 252 g/mol. The summed E-state index contributed by atoms with van der Waals surface area (Å²) in [5.74, 6) is -0.445. The van der Waals surface area contributed by atoms with E-state index in [2.05, 4.69) is 5.32 Å². The highest BCUT2D eigenvalue weighted by molar-refractivity contribution is 5.83. The van der Waals surface area contributed by atoms with E-state index in [-0.39, 0.29) is 25.0 Å². The molecule has 2 unspecified atom stereocenters. The standard InChI is InChI=1S/C13H20N2O3/c1-9(10-4-3-5-11(14)6-10)13(17)15-7-12(16)8-18-2/h3-6,9,12,16H,7-8,14H2,1-2H3,(H,15,17). The van der Waals surface area contributed by atoms with Gasteiger partial charge in [0.2, 0.25) is 5.91 Å². The van der Waals surface area contributed by atoms with Crippen molar-refractivity contribution in [2.45, 2.75) is 18.9 Å². The number of carbonyl (C=O) groups is 1. The van der Waals surface area contributed by atoms with Crippen LogP contribution in [0.4, 0.5) is 5.69 Å². The van der Waals surface area contributed by atoms with E-state index in [1.54, 1.807) is 19.1 Å². The van der Waals surface area contributed by atoms with Crippen molar-refractivity contribution >= 4 is 11.6 Å². The number of anilines is 1. The van der Waals surface area contributed by atoms with Crippen molar-refractivity contribution in [2.75, 3.05) is 26.0 Å². The lowest BCUT2D eigenvalue weighted by atomic mass is 10.00. The smallest absolute Gasteiger partial charge is 0.227 e. The maximum Gasteiger partial charge on any atom is 0.227 e. The SMILES string of the molecule is COCC(O)CNC(=O)C(C)c1cccc(N)c1. The molecule has 100 valence electrons. The molecule has 0 bridgehead atoms. The van der Waals surface area contributed by atoms with Gasteiger partial charge in [-0.1, -0.05) is 12.1 Å². The van der Waals surface area contributed by atoms with Gasteiger partial charge in [0.05, 0.1) is 18.6 Å². The number of nitrogen functional groups attached to an aromatic ring is 1. The fourth-order valence-corrected chi connectivity index (χ4v) is 1.60. The Morgan fingerprint density at radius 1 is 1.56 bits per heavy atom. The molecule has 0 aromatic heterocycles. The van der Waals surface area contributed by atoms with Gasteiger partial charge in [0.25, 0.3) is 0 Å². The predicted octanol–water partition coefficient (Wildman–Crippen LogP) is 0.496. The van der Waals surface area contributed by atoms with Gasteiger partial charge in [0.1, 0.15) is 0 Å². The van der Waals surface area contributed by atoms with Crippen LogP contribution in [0.15, 0.2) is 24.3 Å². The minimum atomic E-state index is -0.688. The third-order valence-corrected chi connectivity index (χ3v) is 2.67. The quantitative estimate of drug-likeness (QED) is 0.643. The van der Waals surface area contributed by atoms with Crippen LogP contribution in [0.5, 0.6) is 0 Å². The number of nitrogens with one attached hydrogen (secondary N) is 1. The maximum atomic E-state index is 11.9. The molecule has 1 aromatic carbocycles. The van der Waals surface area contributed by atoms with E-state index < -0.39 is 6.10 Å². The number of ether oxygens (including phenoxy) is 1. The van der Waals surface area contributed by atoms with Gasteiger partial charge in [-0.25, -0.2) is 0 Å². The lowest BCUT2D eigenvalue weighted by molar-refractivity contribution is -0.122. The Hall–Kier alpha value is -1.59. The summed E-state index contributed by atoms with van der Waals surface area (Å²) in [4.78, 5) is 11.9. The minimum Gasteiger partial charge on any atom is -0.399 e. The fraction of sp³-hybridized carbons (Fsp3) is 0.462. The molecule has 0 radical (unpaired) electrons. The van der Waals surface area contributed by atoms with Crippen LogP contribution in [0.25, 0.3) is 0 Å². The van der Waals surface area contributed by atoms with E-state index in [0.29, 0.717) is 5.69 Å². The van der Waals surface area contributed by atoms with Crippen LogP contribution in [0.3, 0.4) is 0 Å². The molecule has 0 fully saturated rings. The summed E-state index contributed by atoms with van der Waals surface area (Å²) in [6.45, 7) is 2.18. The van der Waals surface area contributed by atoms with Crippen LogP contribution >= 0.6 is 0 Å². The molecule has 0 saturated heterocycles. The van der Waals surface area contributed by atoms with Gasteiger partial charge in [0, 0.05) is 19.3 Å². The second kappa shape index (κ2) is 6.98. The molecule has 0 spiro atoms. The van der Waals surface area contributed by atoms with E-state index in [9.17, 15) is 9.90 Å². The Bertz CT molecular complexity index is 396. The second-order valence-corrected chi connectivity index (χ2v) is 4.25. The van der Waals surface area contributed by atoms with Gasteiger partial charge in [0.15, 0.2) is 0 Å². The van der Waals surface area contributed by atoms with Crippen LogP contribution in [0, 0.1) is 0 Å². The number of rotatable bonds is 6. The Morgan fingerprint density at radius 3 is 2.89 bits per heavy atom. The third kappa shape index (κ3) is 4.35. The van der Waals surface area contributed by atoms with Gasteiger partial charge < -0.3 is 20.9 Å². The molecular weight excluding hydrogens is 232 g/mol. The number of aliphatic hydroxyl groups excluding tert-OH is 1. The molecule has 18 heavy (non-hydrogen) atoms. The largest absolute Gasteiger partial charge is 0.399 e. The zero-order chi connectivity index (χ0) is 13.5. The highest BCUT2D eigenvalue weighted by Crippen LogP contribution is 2.17. The van der Waals surface area contributed by atoms with Gasteiger partial charge in [-0.15, -0.1) is 0 Å². The highest BCUT2D eigenvalue weighted by atomic mass is 16.5. The molecule has 1 aromatic rings. The van der Waals surface area contributed by atoms with Gasteiger partial charge in [-0.05, 0) is 24.6 Å². The first-order valence-corrected chi connectivity index (χ1v) is 5.84. The van der Waals surface area contributed by atoms with E-state index in [4.69, 9.17) is 10.5 Å². The van der Waals surface area contributed by atoms with Gasteiger partial charge in [-0.2, -0.15) is 0 Å². The zero-order valence-corrected chi connectivity index (χ0v) is 10.7. The topological polar surface area (TPSA) is 84.6 Å². The Kier molecular flexibility index (Phi) is 5.61. The molecule has 0 heterocycles. The number of carbonyl (C=O) groups excluding carboxylic acids is 1. The zero-order valence-electron chi connectivity index (χ0n) is 10.7. The second-order valence-electron chi connectivity index (χ2n) is 4.25. The molecule has 0 saturated carbocycles. The van der Waals surface area contributed by atoms with Gasteiger partial charge >= 0.3 is 0 Å². The number of hydrogen-bond donors (Lipinski definition) is 3. The Morgan fingerprint density at radius 2 is 2.28 bits per heavy atom. The van der Waals surface area contributed by atoms with Crippen LogP contribution < -0.4 is 11.1 Å². The van der Waals surface area contributed by atoms with Gasteiger partial charge in [-0.3, -0.25) is 4.79 Å². The van der Waals surface area contributed by atoms with E-state index in [0.717, 1.165) is 5.56 Å². The van der Waals surface area contributed by atoms with Crippen molar-refractivity contribution in [1.29, 1.82) is 0 Å². The third-order valence-electron chi connectivity index (χ3n) is 2.67.